The van der Waals surface area contributed by atoms with Crippen molar-refractivity contribution in [2.75, 3.05) is 5.32 Å². The third kappa shape index (κ3) is 4.65. The van der Waals surface area contributed by atoms with Crippen LogP contribution in [0.15, 0.2) is 18.3 Å². The van der Waals surface area contributed by atoms with Gasteiger partial charge in [0.05, 0.1) is 11.4 Å². The summed E-state index contributed by atoms with van der Waals surface area (Å²) in [5, 5.41) is 3.52. The zero-order valence-electron chi connectivity index (χ0n) is 10.8. The van der Waals surface area contributed by atoms with E-state index in [1.54, 1.807) is 0 Å². The minimum atomic E-state index is 0.541. The molecule has 1 aromatic heterocycles. The van der Waals surface area contributed by atoms with E-state index in [0.29, 0.717) is 6.04 Å². The molecular weight excluding hydrogens is 196 g/mol. The molecule has 0 aliphatic heterocycles. The number of hydrogen-bond donors (Lipinski definition) is 1. The van der Waals surface area contributed by atoms with Crippen LogP contribution in [0.5, 0.6) is 0 Å². The van der Waals surface area contributed by atoms with E-state index in [1.165, 1.54) is 37.8 Å². The fourth-order valence-corrected chi connectivity index (χ4v) is 1.85. The maximum atomic E-state index is 4.28. The van der Waals surface area contributed by atoms with Crippen molar-refractivity contribution in [2.45, 2.75) is 58.9 Å². The summed E-state index contributed by atoms with van der Waals surface area (Å²) in [6.07, 6.45) is 8.43. The van der Waals surface area contributed by atoms with Crippen molar-refractivity contribution in [3.63, 3.8) is 0 Å². The summed E-state index contributed by atoms with van der Waals surface area (Å²) in [5.41, 5.74) is 2.26. The number of nitrogens with one attached hydrogen (secondary N) is 1. The van der Waals surface area contributed by atoms with Crippen LogP contribution in [-0.2, 0) is 0 Å². The molecule has 1 atom stereocenters. The molecule has 16 heavy (non-hydrogen) atoms. The van der Waals surface area contributed by atoms with Gasteiger partial charge in [0.1, 0.15) is 0 Å². The second-order valence-corrected chi connectivity index (χ2v) is 4.53. The van der Waals surface area contributed by atoms with E-state index in [4.69, 9.17) is 0 Å². The summed E-state index contributed by atoms with van der Waals surface area (Å²) in [5.74, 6) is 0. The van der Waals surface area contributed by atoms with Gasteiger partial charge in [0.2, 0.25) is 0 Å². The molecule has 0 aliphatic carbocycles. The number of anilines is 1. The fourth-order valence-electron chi connectivity index (χ4n) is 1.85. The van der Waals surface area contributed by atoms with Crippen LogP contribution in [0.1, 0.15) is 51.6 Å². The zero-order valence-corrected chi connectivity index (χ0v) is 10.8. The second-order valence-electron chi connectivity index (χ2n) is 4.53. The predicted molar refractivity (Wildman–Crippen MR) is 70.8 cm³/mol. The molecule has 0 bridgehead atoms. The molecule has 0 radical (unpaired) electrons. The highest BCUT2D eigenvalue weighted by Gasteiger charge is 2.03. The van der Waals surface area contributed by atoms with Crippen LogP contribution in [0, 0.1) is 6.92 Å². The van der Waals surface area contributed by atoms with Crippen molar-refractivity contribution in [1.29, 1.82) is 0 Å². The smallest absolute Gasteiger partial charge is 0.0603 e. The molecule has 2 nitrogen and oxygen atoms in total. The van der Waals surface area contributed by atoms with Gasteiger partial charge < -0.3 is 5.32 Å². The topological polar surface area (TPSA) is 24.9 Å². The monoisotopic (exact) mass is 220 g/mol. The molecule has 0 fully saturated rings. The number of pyridine rings is 1. The summed E-state index contributed by atoms with van der Waals surface area (Å²) >= 11 is 0. The van der Waals surface area contributed by atoms with E-state index in [1.807, 2.05) is 19.2 Å². The lowest BCUT2D eigenvalue weighted by atomic mass is 10.1. The van der Waals surface area contributed by atoms with Crippen molar-refractivity contribution in [2.24, 2.45) is 0 Å². The Morgan fingerprint density at radius 3 is 2.81 bits per heavy atom. The Kier molecular flexibility index (Phi) is 5.91. The molecule has 90 valence electrons. The third-order valence-electron chi connectivity index (χ3n) is 2.90. The summed E-state index contributed by atoms with van der Waals surface area (Å²) in [7, 11) is 0. The minimum Gasteiger partial charge on any atom is -0.381 e. The van der Waals surface area contributed by atoms with E-state index in [2.05, 4.69) is 30.2 Å². The zero-order chi connectivity index (χ0) is 11.8. The highest BCUT2D eigenvalue weighted by molar-refractivity contribution is 5.47. The van der Waals surface area contributed by atoms with E-state index in [-0.39, 0.29) is 0 Å². The van der Waals surface area contributed by atoms with Gasteiger partial charge >= 0.3 is 0 Å². The second kappa shape index (κ2) is 7.26. The Bertz CT molecular complexity index is 297. The van der Waals surface area contributed by atoms with Gasteiger partial charge in [-0.05, 0) is 32.4 Å². The van der Waals surface area contributed by atoms with Gasteiger partial charge in [0, 0.05) is 12.2 Å². The molecule has 0 saturated carbocycles. The number of nitrogens with zero attached hydrogens (tertiary/aromatic N) is 1. The maximum absolute atomic E-state index is 4.28. The maximum Gasteiger partial charge on any atom is 0.0603 e. The largest absolute Gasteiger partial charge is 0.381 e. The first-order valence-electron chi connectivity index (χ1n) is 6.42. The van der Waals surface area contributed by atoms with E-state index >= 15 is 0 Å². The van der Waals surface area contributed by atoms with E-state index in [9.17, 15) is 0 Å². The van der Waals surface area contributed by atoms with E-state index < -0.39 is 0 Å². The molecule has 1 heterocycles. The van der Waals surface area contributed by atoms with Gasteiger partial charge in [0.25, 0.3) is 0 Å². The van der Waals surface area contributed by atoms with Crippen LogP contribution in [0.3, 0.4) is 0 Å². The Morgan fingerprint density at radius 2 is 2.12 bits per heavy atom. The highest BCUT2D eigenvalue weighted by atomic mass is 14.9. The van der Waals surface area contributed by atoms with Gasteiger partial charge in [-0.3, -0.25) is 4.98 Å². The van der Waals surface area contributed by atoms with Gasteiger partial charge in [-0.1, -0.05) is 32.6 Å². The lowest BCUT2D eigenvalue weighted by Gasteiger charge is -2.16. The average molecular weight is 220 g/mol. The van der Waals surface area contributed by atoms with Crippen LogP contribution in [0.25, 0.3) is 0 Å². The SMILES string of the molecule is CCCCCCC(C)Nc1cccnc1C. The third-order valence-corrected chi connectivity index (χ3v) is 2.90. The van der Waals surface area contributed by atoms with Crippen molar-refractivity contribution < 1.29 is 0 Å². The van der Waals surface area contributed by atoms with Gasteiger partial charge in [0.15, 0.2) is 0 Å². The number of aromatic nitrogens is 1. The number of aryl methyl sites for hydroxylation is 1. The summed E-state index contributed by atoms with van der Waals surface area (Å²) in [6, 6.07) is 4.63. The Morgan fingerprint density at radius 1 is 1.31 bits per heavy atom. The molecule has 0 amide bonds. The lowest BCUT2D eigenvalue weighted by molar-refractivity contribution is 0.593. The molecule has 2 heteroatoms. The predicted octanol–water partition coefficient (Wildman–Crippen LogP) is 4.16. The Hall–Kier alpha value is -1.05. The first-order valence-corrected chi connectivity index (χ1v) is 6.42. The highest BCUT2D eigenvalue weighted by Crippen LogP contribution is 2.14. The first-order chi connectivity index (χ1) is 7.74. The summed E-state index contributed by atoms with van der Waals surface area (Å²) in [6.45, 7) is 6.55. The quantitative estimate of drug-likeness (QED) is 0.698. The van der Waals surface area contributed by atoms with Gasteiger partial charge in [-0.25, -0.2) is 0 Å². The molecular formula is C14H24N2. The Balaban J connectivity index is 2.28. The molecule has 1 aromatic rings. The van der Waals surface area contributed by atoms with Gasteiger partial charge in [-0.15, -0.1) is 0 Å². The van der Waals surface area contributed by atoms with Crippen LogP contribution >= 0.6 is 0 Å². The van der Waals surface area contributed by atoms with Crippen LogP contribution in [-0.4, -0.2) is 11.0 Å². The van der Waals surface area contributed by atoms with Crippen molar-refractivity contribution in [1.82, 2.24) is 4.98 Å². The van der Waals surface area contributed by atoms with Crippen molar-refractivity contribution >= 4 is 5.69 Å². The first kappa shape index (κ1) is 13.0. The summed E-state index contributed by atoms with van der Waals surface area (Å²) < 4.78 is 0. The van der Waals surface area contributed by atoms with Crippen molar-refractivity contribution in [3.8, 4) is 0 Å². The lowest BCUT2D eigenvalue weighted by Crippen LogP contribution is -2.15. The van der Waals surface area contributed by atoms with Gasteiger partial charge in [-0.2, -0.15) is 0 Å². The summed E-state index contributed by atoms with van der Waals surface area (Å²) in [4.78, 5) is 4.28. The fraction of sp³-hybridized carbons (Fsp3) is 0.643. The molecule has 1 rings (SSSR count). The molecule has 1 N–H and O–H groups in total. The minimum absolute atomic E-state index is 0.541. The van der Waals surface area contributed by atoms with Crippen LogP contribution in [0.4, 0.5) is 5.69 Å². The number of hydrogen-bond acceptors (Lipinski definition) is 2. The number of rotatable bonds is 7. The molecule has 0 aliphatic rings. The standard InChI is InChI=1S/C14H24N2/c1-4-5-6-7-9-12(2)16-14-10-8-11-15-13(14)3/h8,10-12,16H,4-7,9H2,1-3H3. The molecule has 0 saturated heterocycles. The molecule has 0 spiro atoms. The molecule has 1 unspecified atom stereocenters. The van der Waals surface area contributed by atoms with E-state index in [0.717, 1.165) is 5.69 Å². The van der Waals surface area contributed by atoms with Crippen molar-refractivity contribution in [3.05, 3.63) is 24.0 Å². The van der Waals surface area contributed by atoms with Crippen LogP contribution in [0.2, 0.25) is 0 Å². The van der Waals surface area contributed by atoms with Crippen LogP contribution < -0.4 is 5.32 Å². The normalized spacial score (nSPS) is 12.4. The Labute approximate surface area is 99.5 Å². The average Bonchev–Trinajstić information content (AvgIpc) is 2.28. The molecule has 0 aromatic carbocycles. The number of unbranched alkanes of at least 4 members (excludes halogenated alkanes) is 3.